The molecule has 1 heterocycles. The van der Waals surface area contributed by atoms with Gasteiger partial charge >= 0.3 is 0 Å². The Morgan fingerprint density at radius 1 is 1.06 bits per heavy atom. The summed E-state index contributed by atoms with van der Waals surface area (Å²) in [5, 5.41) is 0. The minimum absolute atomic E-state index is 0.141. The molecule has 0 fully saturated rings. The number of ketones is 1. The van der Waals surface area contributed by atoms with E-state index in [1.54, 1.807) is 11.3 Å². The van der Waals surface area contributed by atoms with Gasteiger partial charge in [0.05, 0.1) is 4.88 Å². The molecular formula is C16H18OS. The number of unbranched alkanes of at least 4 members (excludes halogenated alkanes) is 2. The van der Waals surface area contributed by atoms with Crippen molar-refractivity contribution in [2.75, 3.05) is 0 Å². The Kier molecular flexibility index (Phi) is 4.71. The van der Waals surface area contributed by atoms with E-state index in [1.165, 1.54) is 24.1 Å². The van der Waals surface area contributed by atoms with Gasteiger partial charge in [-0.2, -0.15) is 0 Å². The van der Waals surface area contributed by atoms with Crippen LogP contribution in [0.4, 0.5) is 0 Å². The molecule has 2 heteroatoms. The molecule has 0 radical (unpaired) electrons. The predicted molar refractivity (Wildman–Crippen MR) is 77.4 cm³/mol. The van der Waals surface area contributed by atoms with Crippen LogP contribution in [0.5, 0.6) is 0 Å². The van der Waals surface area contributed by atoms with E-state index in [2.05, 4.69) is 13.0 Å². The van der Waals surface area contributed by atoms with Crippen molar-refractivity contribution < 1.29 is 4.79 Å². The third-order valence-electron chi connectivity index (χ3n) is 2.95. The van der Waals surface area contributed by atoms with Crippen LogP contribution in [-0.4, -0.2) is 5.78 Å². The number of carbonyl (C=O) groups excluding carboxylic acids is 1. The van der Waals surface area contributed by atoms with E-state index in [9.17, 15) is 4.79 Å². The van der Waals surface area contributed by atoms with Crippen LogP contribution in [0, 0.1) is 0 Å². The van der Waals surface area contributed by atoms with E-state index in [-0.39, 0.29) is 5.78 Å². The van der Waals surface area contributed by atoms with Crippen LogP contribution in [-0.2, 0) is 6.42 Å². The zero-order valence-electron chi connectivity index (χ0n) is 10.7. The second-order valence-electron chi connectivity index (χ2n) is 4.42. The topological polar surface area (TPSA) is 17.1 Å². The Labute approximate surface area is 112 Å². The van der Waals surface area contributed by atoms with Crippen LogP contribution in [0.3, 0.4) is 0 Å². The number of rotatable bonds is 6. The zero-order chi connectivity index (χ0) is 12.8. The molecule has 0 aliphatic carbocycles. The van der Waals surface area contributed by atoms with Gasteiger partial charge in [0.25, 0.3) is 0 Å². The highest BCUT2D eigenvalue weighted by Crippen LogP contribution is 2.21. The monoisotopic (exact) mass is 258 g/mol. The van der Waals surface area contributed by atoms with Crippen LogP contribution in [0.2, 0.25) is 0 Å². The van der Waals surface area contributed by atoms with Crippen LogP contribution < -0.4 is 0 Å². The summed E-state index contributed by atoms with van der Waals surface area (Å²) >= 11 is 1.64. The Bertz CT molecular complexity index is 499. The van der Waals surface area contributed by atoms with E-state index >= 15 is 0 Å². The summed E-state index contributed by atoms with van der Waals surface area (Å²) in [5.74, 6) is 0.141. The maximum Gasteiger partial charge on any atom is 0.202 e. The molecule has 0 saturated carbocycles. The first kappa shape index (κ1) is 13.0. The third kappa shape index (κ3) is 3.30. The maximum atomic E-state index is 12.2. The van der Waals surface area contributed by atoms with E-state index < -0.39 is 0 Å². The molecule has 0 N–H and O–H groups in total. The van der Waals surface area contributed by atoms with Crippen molar-refractivity contribution in [3.05, 3.63) is 57.8 Å². The Morgan fingerprint density at radius 3 is 2.56 bits per heavy atom. The molecule has 0 aliphatic heterocycles. The fraction of sp³-hybridized carbons (Fsp3) is 0.312. The summed E-state index contributed by atoms with van der Waals surface area (Å²) in [6.45, 7) is 2.21. The van der Waals surface area contributed by atoms with Gasteiger partial charge in [0, 0.05) is 10.4 Å². The fourth-order valence-corrected chi connectivity index (χ4v) is 2.93. The number of benzene rings is 1. The van der Waals surface area contributed by atoms with Gasteiger partial charge in [0.15, 0.2) is 0 Å². The standard InChI is InChI=1S/C16H18OS/c1-2-3-5-10-14-11-12-15(18-14)16(17)13-8-6-4-7-9-13/h4,6-9,11-12H,2-3,5,10H2,1H3. The summed E-state index contributed by atoms with van der Waals surface area (Å²) in [7, 11) is 0. The van der Waals surface area contributed by atoms with Gasteiger partial charge in [0.2, 0.25) is 5.78 Å². The summed E-state index contributed by atoms with van der Waals surface area (Å²) in [6, 6.07) is 13.5. The van der Waals surface area contributed by atoms with E-state index in [0.29, 0.717) is 0 Å². The molecule has 0 unspecified atom stereocenters. The van der Waals surface area contributed by atoms with E-state index in [0.717, 1.165) is 16.9 Å². The van der Waals surface area contributed by atoms with E-state index in [1.807, 2.05) is 36.4 Å². The lowest BCUT2D eigenvalue weighted by Gasteiger charge is -1.97. The minimum atomic E-state index is 0.141. The van der Waals surface area contributed by atoms with Crippen molar-refractivity contribution in [2.24, 2.45) is 0 Å². The number of hydrogen-bond donors (Lipinski definition) is 0. The van der Waals surface area contributed by atoms with Crippen molar-refractivity contribution in [3.63, 3.8) is 0 Å². The van der Waals surface area contributed by atoms with Gasteiger partial charge in [-0.25, -0.2) is 0 Å². The predicted octanol–water partition coefficient (Wildman–Crippen LogP) is 4.71. The Morgan fingerprint density at radius 2 is 1.83 bits per heavy atom. The van der Waals surface area contributed by atoms with Gasteiger partial charge in [-0.1, -0.05) is 50.1 Å². The lowest BCUT2D eigenvalue weighted by Crippen LogP contribution is -1.97. The van der Waals surface area contributed by atoms with Crippen molar-refractivity contribution in [2.45, 2.75) is 32.6 Å². The van der Waals surface area contributed by atoms with Gasteiger partial charge in [-0.15, -0.1) is 11.3 Å². The lowest BCUT2D eigenvalue weighted by molar-refractivity contribution is 0.104. The zero-order valence-corrected chi connectivity index (χ0v) is 11.5. The maximum absolute atomic E-state index is 12.2. The summed E-state index contributed by atoms with van der Waals surface area (Å²) < 4.78 is 0. The highest BCUT2D eigenvalue weighted by molar-refractivity contribution is 7.14. The van der Waals surface area contributed by atoms with Crippen molar-refractivity contribution in [1.29, 1.82) is 0 Å². The van der Waals surface area contributed by atoms with Crippen LogP contribution >= 0.6 is 11.3 Å². The summed E-state index contributed by atoms with van der Waals surface area (Å²) in [4.78, 5) is 14.4. The largest absolute Gasteiger partial charge is 0.288 e. The molecule has 0 saturated heterocycles. The minimum Gasteiger partial charge on any atom is -0.288 e. The average Bonchev–Trinajstić information content (AvgIpc) is 2.88. The van der Waals surface area contributed by atoms with Crippen LogP contribution in [0.25, 0.3) is 0 Å². The molecule has 94 valence electrons. The van der Waals surface area contributed by atoms with Gasteiger partial charge in [-0.05, 0) is 25.0 Å². The number of aryl methyl sites for hydroxylation is 1. The fourth-order valence-electron chi connectivity index (χ4n) is 1.92. The first-order valence-electron chi connectivity index (χ1n) is 6.49. The third-order valence-corrected chi connectivity index (χ3v) is 4.09. The van der Waals surface area contributed by atoms with E-state index in [4.69, 9.17) is 0 Å². The molecule has 0 atom stereocenters. The molecule has 0 amide bonds. The molecule has 1 nitrogen and oxygen atoms in total. The van der Waals surface area contributed by atoms with Gasteiger partial charge in [-0.3, -0.25) is 4.79 Å². The molecule has 0 spiro atoms. The molecule has 2 rings (SSSR count). The first-order valence-corrected chi connectivity index (χ1v) is 7.31. The molecule has 1 aromatic carbocycles. The van der Waals surface area contributed by atoms with Crippen LogP contribution in [0.15, 0.2) is 42.5 Å². The van der Waals surface area contributed by atoms with Gasteiger partial charge < -0.3 is 0 Å². The van der Waals surface area contributed by atoms with Crippen molar-refractivity contribution >= 4 is 17.1 Å². The molecular weight excluding hydrogens is 240 g/mol. The van der Waals surface area contributed by atoms with Crippen molar-refractivity contribution in [3.8, 4) is 0 Å². The van der Waals surface area contributed by atoms with Crippen LogP contribution in [0.1, 0.15) is 46.3 Å². The number of thiophene rings is 1. The molecule has 18 heavy (non-hydrogen) atoms. The molecule has 0 bridgehead atoms. The van der Waals surface area contributed by atoms with Crippen molar-refractivity contribution in [1.82, 2.24) is 0 Å². The highest BCUT2D eigenvalue weighted by atomic mass is 32.1. The normalized spacial score (nSPS) is 10.5. The first-order chi connectivity index (χ1) is 8.81. The highest BCUT2D eigenvalue weighted by Gasteiger charge is 2.11. The Balaban J connectivity index is 2.04. The molecule has 1 aromatic heterocycles. The second kappa shape index (κ2) is 6.50. The smallest absolute Gasteiger partial charge is 0.202 e. The summed E-state index contributed by atoms with van der Waals surface area (Å²) in [6.07, 6.45) is 4.82. The molecule has 0 aliphatic rings. The Hall–Kier alpha value is -1.41. The average molecular weight is 258 g/mol. The quantitative estimate of drug-likeness (QED) is 0.541. The number of carbonyl (C=O) groups is 1. The summed E-state index contributed by atoms with van der Waals surface area (Å²) in [5.41, 5.74) is 0.777. The SMILES string of the molecule is CCCCCc1ccc(C(=O)c2ccccc2)s1. The van der Waals surface area contributed by atoms with Gasteiger partial charge in [0.1, 0.15) is 0 Å². The number of hydrogen-bond acceptors (Lipinski definition) is 2. The second-order valence-corrected chi connectivity index (χ2v) is 5.59. The lowest BCUT2D eigenvalue weighted by atomic mass is 10.1. The molecule has 2 aromatic rings.